The molecule has 4 aromatic carbocycles. The van der Waals surface area contributed by atoms with E-state index in [1.165, 1.54) is 50.1 Å². The molecule has 0 radical (unpaired) electrons. The van der Waals surface area contributed by atoms with E-state index in [9.17, 15) is 0 Å². The monoisotopic (exact) mass is 696 g/mol. The molecule has 3 N–H and O–H groups in total. The minimum Gasteiger partial charge on any atom is -0.361 e. The van der Waals surface area contributed by atoms with Gasteiger partial charge in [-0.25, -0.2) is 0 Å². The zero-order valence-electron chi connectivity index (χ0n) is 29.0. The van der Waals surface area contributed by atoms with Gasteiger partial charge in [-0.15, -0.1) is 0 Å². The summed E-state index contributed by atoms with van der Waals surface area (Å²) in [5, 5.41) is 13.8. The zero-order valence-corrected chi connectivity index (χ0v) is 31.4. The molecule has 4 rings (SSSR count). The third-order valence-corrected chi connectivity index (χ3v) is 11.5. The van der Waals surface area contributed by atoms with Gasteiger partial charge in [0.25, 0.3) is 0 Å². The molecular weight excluding hydrogens is 649 g/mol. The highest BCUT2D eigenvalue weighted by Crippen LogP contribution is 2.29. The van der Waals surface area contributed by atoms with Crippen molar-refractivity contribution < 1.29 is 0 Å². The van der Waals surface area contributed by atoms with E-state index >= 15 is 0 Å². The van der Waals surface area contributed by atoms with E-state index in [1.807, 2.05) is 21.1 Å². The molecule has 0 saturated heterocycles. The number of aliphatic imine (C=N–C) groups is 3. The molecule has 252 valence electrons. The number of amidine groups is 3. The smallest absolute Gasteiger partial charge is 0.156 e. The standard InChI is InChI=1S/C39H48N6S3/c1-28-34(22-43-37(40-4)46-25-31-16-10-7-11-17-31)29(2)36(24-45-39(42-6)48-27-33-20-14-9-15-21-33)30(3)35(28)23-44-38(41-5)47-26-32-18-12-8-13-19-32/h7-21H,22-27H2,1-6H3,(H,40,43)(H,41,44)(H,42,45). The Bertz CT molecular complexity index is 1450. The summed E-state index contributed by atoms with van der Waals surface area (Å²) in [5.41, 5.74) is 11.6. The van der Waals surface area contributed by atoms with Crippen molar-refractivity contribution in [3.8, 4) is 0 Å². The zero-order chi connectivity index (χ0) is 34.1. The fourth-order valence-corrected chi connectivity index (χ4v) is 7.84. The highest BCUT2D eigenvalue weighted by molar-refractivity contribution is 8.13. The molecule has 48 heavy (non-hydrogen) atoms. The third kappa shape index (κ3) is 11.2. The molecule has 9 heteroatoms. The van der Waals surface area contributed by atoms with Crippen LogP contribution in [0.15, 0.2) is 106 Å². The van der Waals surface area contributed by atoms with Crippen molar-refractivity contribution in [1.29, 1.82) is 0 Å². The number of nitrogens with one attached hydrogen (secondary N) is 3. The van der Waals surface area contributed by atoms with Crippen molar-refractivity contribution >= 4 is 50.8 Å². The highest BCUT2D eigenvalue weighted by Gasteiger charge is 2.18. The molecule has 0 aromatic heterocycles. The lowest BCUT2D eigenvalue weighted by Gasteiger charge is -2.24. The van der Waals surface area contributed by atoms with E-state index in [0.717, 1.165) is 32.8 Å². The summed E-state index contributed by atoms with van der Waals surface area (Å²) in [6, 6.07) is 31.6. The van der Waals surface area contributed by atoms with Gasteiger partial charge in [0.2, 0.25) is 0 Å². The van der Waals surface area contributed by atoms with Crippen LogP contribution in [0.5, 0.6) is 0 Å². The van der Waals surface area contributed by atoms with E-state index in [2.05, 4.69) is 143 Å². The van der Waals surface area contributed by atoms with Gasteiger partial charge in [0, 0.05) is 58.0 Å². The van der Waals surface area contributed by atoms with Crippen LogP contribution < -0.4 is 16.0 Å². The first-order valence-corrected chi connectivity index (χ1v) is 19.1. The normalized spacial score (nSPS) is 12.2. The lowest BCUT2D eigenvalue weighted by Crippen LogP contribution is -2.27. The Kier molecular flexibility index (Phi) is 15.5. The van der Waals surface area contributed by atoms with Crippen LogP contribution >= 0.6 is 35.3 Å². The van der Waals surface area contributed by atoms with Gasteiger partial charge in [0.15, 0.2) is 15.5 Å². The van der Waals surface area contributed by atoms with Gasteiger partial charge in [-0.1, -0.05) is 126 Å². The summed E-state index contributed by atoms with van der Waals surface area (Å²) in [6.45, 7) is 8.84. The average Bonchev–Trinajstić information content (AvgIpc) is 3.13. The van der Waals surface area contributed by atoms with Crippen LogP contribution in [0.2, 0.25) is 0 Å². The minimum absolute atomic E-state index is 0.696. The second-order valence-electron chi connectivity index (χ2n) is 11.3. The van der Waals surface area contributed by atoms with E-state index in [4.69, 9.17) is 0 Å². The second kappa shape index (κ2) is 20.0. The van der Waals surface area contributed by atoms with Crippen molar-refractivity contribution in [2.24, 2.45) is 15.0 Å². The highest BCUT2D eigenvalue weighted by atomic mass is 32.2. The first-order valence-electron chi connectivity index (χ1n) is 16.2. The Morgan fingerprint density at radius 1 is 0.438 bits per heavy atom. The molecule has 0 fully saturated rings. The quantitative estimate of drug-likeness (QED) is 0.102. The molecule has 0 aliphatic rings. The van der Waals surface area contributed by atoms with Crippen LogP contribution in [0, 0.1) is 20.8 Å². The summed E-state index contributed by atoms with van der Waals surface area (Å²) in [6.07, 6.45) is 0. The molecule has 4 aromatic rings. The van der Waals surface area contributed by atoms with Gasteiger partial charge >= 0.3 is 0 Å². The predicted octanol–water partition coefficient (Wildman–Crippen LogP) is 8.64. The SMILES string of the molecule is CN=C(NCc1c(C)c(CNC(=NC)SCc2ccccc2)c(C)c(CNC(=NC)SCc2ccccc2)c1C)SCc1ccccc1. The van der Waals surface area contributed by atoms with Gasteiger partial charge in [0.1, 0.15) is 0 Å². The van der Waals surface area contributed by atoms with Crippen LogP contribution in [-0.2, 0) is 36.9 Å². The maximum atomic E-state index is 4.58. The summed E-state index contributed by atoms with van der Waals surface area (Å²) in [7, 11) is 5.58. The number of hydrogen-bond donors (Lipinski definition) is 3. The van der Waals surface area contributed by atoms with Crippen LogP contribution in [0.3, 0.4) is 0 Å². The van der Waals surface area contributed by atoms with E-state index < -0.39 is 0 Å². The number of nitrogens with zero attached hydrogens (tertiary/aromatic N) is 3. The first kappa shape index (κ1) is 37.2. The molecule has 6 nitrogen and oxygen atoms in total. The fraction of sp³-hybridized carbons (Fsp3) is 0.308. The summed E-state index contributed by atoms with van der Waals surface area (Å²) in [4.78, 5) is 13.7. The number of benzene rings is 4. The lowest BCUT2D eigenvalue weighted by atomic mass is 9.88. The molecule has 0 bridgehead atoms. The molecule has 0 heterocycles. The van der Waals surface area contributed by atoms with Crippen molar-refractivity contribution in [1.82, 2.24) is 16.0 Å². The molecule has 0 spiro atoms. The second-order valence-corrected chi connectivity index (χ2v) is 14.2. The Balaban J connectivity index is 1.53. The minimum atomic E-state index is 0.696. The molecular formula is C39H48N6S3. The summed E-state index contributed by atoms with van der Waals surface area (Å²) < 4.78 is 0. The molecule has 0 saturated carbocycles. The maximum absolute atomic E-state index is 4.58. The number of rotatable bonds is 12. The van der Waals surface area contributed by atoms with Gasteiger partial charge in [-0.2, -0.15) is 0 Å². The Morgan fingerprint density at radius 2 is 0.688 bits per heavy atom. The van der Waals surface area contributed by atoms with Crippen LogP contribution in [0.4, 0.5) is 0 Å². The lowest BCUT2D eigenvalue weighted by molar-refractivity contribution is 0.830. The molecule has 0 amide bonds. The largest absolute Gasteiger partial charge is 0.361 e. The molecule has 0 aliphatic heterocycles. The first-order chi connectivity index (χ1) is 23.4. The van der Waals surface area contributed by atoms with Gasteiger partial charge < -0.3 is 16.0 Å². The van der Waals surface area contributed by atoms with E-state index in [1.54, 1.807) is 35.3 Å². The topological polar surface area (TPSA) is 73.2 Å². The van der Waals surface area contributed by atoms with Crippen LogP contribution in [-0.4, -0.2) is 36.6 Å². The summed E-state index contributed by atoms with van der Waals surface area (Å²) >= 11 is 5.21. The molecule has 0 unspecified atom stereocenters. The Hall–Kier alpha value is -3.66. The van der Waals surface area contributed by atoms with Gasteiger partial charge in [-0.05, 0) is 70.8 Å². The van der Waals surface area contributed by atoms with Crippen molar-refractivity contribution in [3.05, 3.63) is 141 Å². The Labute approximate surface area is 300 Å². The van der Waals surface area contributed by atoms with E-state index in [0.29, 0.717) is 19.6 Å². The van der Waals surface area contributed by atoms with E-state index in [-0.39, 0.29) is 0 Å². The molecule has 0 aliphatic carbocycles. The molecule has 0 atom stereocenters. The predicted molar refractivity (Wildman–Crippen MR) is 214 cm³/mol. The van der Waals surface area contributed by atoms with Crippen molar-refractivity contribution in [2.45, 2.75) is 57.7 Å². The van der Waals surface area contributed by atoms with Crippen LogP contribution in [0.25, 0.3) is 0 Å². The third-order valence-electron chi connectivity index (χ3n) is 8.23. The number of hydrogen-bond acceptors (Lipinski definition) is 6. The average molecular weight is 697 g/mol. The maximum Gasteiger partial charge on any atom is 0.156 e. The Morgan fingerprint density at radius 3 is 0.917 bits per heavy atom. The van der Waals surface area contributed by atoms with Gasteiger partial charge in [0.05, 0.1) is 0 Å². The number of thioether (sulfide) groups is 3. The van der Waals surface area contributed by atoms with Crippen LogP contribution in [0.1, 0.15) is 50.1 Å². The fourth-order valence-electron chi connectivity index (χ4n) is 5.44. The van der Waals surface area contributed by atoms with Crippen molar-refractivity contribution in [2.75, 3.05) is 21.1 Å². The van der Waals surface area contributed by atoms with Crippen molar-refractivity contribution in [3.63, 3.8) is 0 Å². The van der Waals surface area contributed by atoms with Gasteiger partial charge in [-0.3, -0.25) is 15.0 Å². The summed E-state index contributed by atoms with van der Waals surface area (Å²) in [5.74, 6) is 2.61.